The number of carbonyl (C=O) groups is 6. The molecular formula is C47H57N3O15. The number of esters is 4. The van der Waals surface area contributed by atoms with E-state index in [0.717, 1.165) is 11.1 Å². The Hall–Kier alpha value is -5.24. The van der Waals surface area contributed by atoms with Gasteiger partial charge in [-0.05, 0) is 62.4 Å². The highest BCUT2D eigenvalue weighted by Crippen LogP contribution is 2.58. The monoisotopic (exact) mass is 903 g/mol. The molecule has 10 atom stereocenters. The van der Waals surface area contributed by atoms with Gasteiger partial charge in [-0.3, -0.25) is 24.0 Å². The van der Waals surface area contributed by atoms with Gasteiger partial charge < -0.3 is 49.3 Å². The number of fused-ring (bicyclic) bond motifs is 5. The van der Waals surface area contributed by atoms with Gasteiger partial charge in [0.05, 0.1) is 25.3 Å². The molecule has 4 aliphatic heterocycles. The molecule has 8 rings (SSSR count). The molecule has 4 saturated heterocycles. The number of hydrogen-bond donors (Lipinski definition) is 4. The second-order valence-corrected chi connectivity index (χ2v) is 19.6. The molecule has 10 unspecified atom stereocenters. The van der Waals surface area contributed by atoms with E-state index >= 15 is 4.79 Å². The molecule has 4 heterocycles. The number of rotatable bonds is 14. The molecule has 2 amide bonds. The van der Waals surface area contributed by atoms with Gasteiger partial charge in [-0.25, -0.2) is 9.59 Å². The maximum absolute atomic E-state index is 15.1. The smallest absolute Gasteiger partial charge is 0.348 e. The van der Waals surface area contributed by atoms with E-state index in [1.165, 1.54) is 24.1 Å². The number of amides is 2. The standard InChI is InChI=1S/C47H57N3O15/c1-25(52)34(40(55)48-30(23-51)16-18-33(54)62-44(2,3)4)49-43(58)47-21-31-35-36(64-46(63-35)19-28-9-7-8-10-29(28)20-46)38(47)65-50(37(47)41(56)60-31)22-27-13-11-26(12-14-27)15-17-32(53)61-39-42(57)59-24-45(39,5)6/h7-15,17,25,30-31,34-39,51-52H,16,18-24H2,1-6H3,(H,48,55)(H,49,58). The number of hydrogen-bond acceptors (Lipinski definition) is 16. The molecular weight excluding hydrogens is 847 g/mol. The van der Waals surface area contributed by atoms with Crippen molar-refractivity contribution in [3.63, 3.8) is 0 Å². The predicted octanol–water partition coefficient (Wildman–Crippen LogP) is 1.74. The fourth-order valence-electron chi connectivity index (χ4n) is 9.79. The summed E-state index contributed by atoms with van der Waals surface area (Å²) in [5, 5.41) is 27.8. The van der Waals surface area contributed by atoms with Crippen molar-refractivity contribution in [2.75, 3.05) is 13.2 Å². The van der Waals surface area contributed by atoms with Gasteiger partial charge in [0.25, 0.3) is 0 Å². The van der Waals surface area contributed by atoms with Crippen LogP contribution in [-0.4, -0.2) is 130 Å². The second kappa shape index (κ2) is 17.5. The number of ether oxygens (including phenoxy) is 6. The summed E-state index contributed by atoms with van der Waals surface area (Å²) in [4.78, 5) is 87.0. The molecule has 350 valence electrons. The van der Waals surface area contributed by atoms with E-state index in [1.54, 1.807) is 58.9 Å². The summed E-state index contributed by atoms with van der Waals surface area (Å²) in [7, 11) is 0. The number of aliphatic hydroxyl groups is 2. The Morgan fingerprint density at radius 2 is 1.65 bits per heavy atom. The van der Waals surface area contributed by atoms with Crippen LogP contribution < -0.4 is 10.6 Å². The minimum Gasteiger partial charge on any atom is -0.462 e. The maximum Gasteiger partial charge on any atom is 0.348 e. The highest BCUT2D eigenvalue weighted by molar-refractivity contribution is 5.96. The van der Waals surface area contributed by atoms with E-state index in [1.807, 2.05) is 24.3 Å². The molecule has 1 saturated carbocycles. The minimum absolute atomic E-state index is 0.00809. The van der Waals surface area contributed by atoms with Gasteiger partial charge in [0.1, 0.15) is 48.1 Å². The van der Waals surface area contributed by atoms with Crippen LogP contribution in [0.25, 0.3) is 6.08 Å². The zero-order valence-electron chi connectivity index (χ0n) is 37.3. The van der Waals surface area contributed by atoms with Gasteiger partial charge in [0.15, 0.2) is 11.8 Å². The third-order valence-electron chi connectivity index (χ3n) is 12.9. The van der Waals surface area contributed by atoms with Crippen molar-refractivity contribution in [2.45, 2.75) is 146 Å². The van der Waals surface area contributed by atoms with Crippen molar-refractivity contribution in [3.05, 3.63) is 76.9 Å². The summed E-state index contributed by atoms with van der Waals surface area (Å²) in [6, 6.07) is 11.0. The van der Waals surface area contributed by atoms with Gasteiger partial charge in [-0.1, -0.05) is 62.4 Å². The van der Waals surface area contributed by atoms with E-state index in [2.05, 4.69) is 10.6 Å². The molecule has 1 spiro atoms. The molecule has 2 bridgehead atoms. The third-order valence-corrected chi connectivity index (χ3v) is 12.9. The van der Waals surface area contributed by atoms with Gasteiger partial charge >= 0.3 is 23.9 Å². The number of hydroxylamine groups is 2. The van der Waals surface area contributed by atoms with Crippen LogP contribution in [0.15, 0.2) is 54.6 Å². The average Bonchev–Trinajstić information content (AvgIpc) is 3.98. The zero-order chi connectivity index (χ0) is 46.6. The summed E-state index contributed by atoms with van der Waals surface area (Å²) < 4.78 is 35.4. The fraction of sp³-hybridized carbons (Fsp3) is 0.574. The largest absolute Gasteiger partial charge is 0.462 e. The first-order valence-electron chi connectivity index (χ1n) is 22.0. The zero-order valence-corrected chi connectivity index (χ0v) is 37.3. The molecule has 18 heteroatoms. The second-order valence-electron chi connectivity index (χ2n) is 19.6. The lowest BCUT2D eigenvalue weighted by Crippen LogP contribution is -2.71. The minimum atomic E-state index is -1.70. The SMILES string of the molecule is CC(O)C(NC(=O)C12CC3OC(=O)C1N(Cc1ccc(C=CC(=O)OC4C(=O)OCC4(C)C)cc1)OC2C1OC2(Cc4ccccc4C2)OC31)C(=O)NC(CO)CCC(=O)OC(C)(C)C. The molecule has 4 N–H and O–H groups in total. The lowest BCUT2D eigenvalue weighted by Gasteiger charge is -2.49. The Morgan fingerprint density at radius 1 is 0.969 bits per heavy atom. The molecule has 2 aromatic rings. The van der Waals surface area contributed by atoms with Gasteiger partial charge in [0, 0.05) is 37.2 Å². The molecule has 2 aliphatic carbocycles. The fourth-order valence-corrected chi connectivity index (χ4v) is 9.79. The molecule has 0 radical (unpaired) electrons. The van der Waals surface area contributed by atoms with Crippen molar-refractivity contribution in [1.29, 1.82) is 0 Å². The number of cyclic esters (lactones) is 1. The van der Waals surface area contributed by atoms with Crippen LogP contribution in [0.1, 0.15) is 83.1 Å². The normalized spacial score (nSPS) is 29.6. The van der Waals surface area contributed by atoms with Crippen LogP contribution in [0.5, 0.6) is 0 Å². The summed E-state index contributed by atoms with van der Waals surface area (Å²) in [6.45, 7) is 9.64. The van der Waals surface area contributed by atoms with Gasteiger partial charge in [0.2, 0.25) is 17.9 Å². The van der Waals surface area contributed by atoms with Gasteiger partial charge in [-0.15, -0.1) is 0 Å². The lowest BCUT2D eigenvalue weighted by atomic mass is 9.62. The van der Waals surface area contributed by atoms with E-state index in [9.17, 15) is 34.2 Å². The first-order valence-corrected chi connectivity index (χ1v) is 22.0. The van der Waals surface area contributed by atoms with Crippen molar-refractivity contribution in [2.24, 2.45) is 10.8 Å². The van der Waals surface area contributed by atoms with Crippen LogP contribution in [0.4, 0.5) is 0 Å². The molecule has 18 nitrogen and oxygen atoms in total. The highest BCUT2D eigenvalue weighted by atomic mass is 16.8. The van der Waals surface area contributed by atoms with Crippen LogP contribution in [0.2, 0.25) is 0 Å². The third kappa shape index (κ3) is 9.16. The Labute approximate surface area is 376 Å². The number of aliphatic hydroxyl groups excluding tert-OH is 2. The van der Waals surface area contributed by atoms with E-state index < -0.39 is 119 Å². The molecule has 5 fully saturated rings. The number of nitrogens with one attached hydrogen (secondary N) is 2. The summed E-state index contributed by atoms with van der Waals surface area (Å²) in [5.74, 6) is -5.27. The Bertz CT molecular complexity index is 2210. The van der Waals surface area contributed by atoms with Gasteiger partial charge in [-0.2, -0.15) is 5.06 Å². The van der Waals surface area contributed by atoms with Crippen LogP contribution in [0.3, 0.4) is 0 Å². The number of benzene rings is 2. The molecule has 0 aromatic heterocycles. The first kappa shape index (κ1) is 46.3. The summed E-state index contributed by atoms with van der Waals surface area (Å²) in [6.07, 6.45) is -2.75. The highest BCUT2D eigenvalue weighted by Gasteiger charge is 2.76. The van der Waals surface area contributed by atoms with E-state index in [0.29, 0.717) is 24.0 Å². The van der Waals surface area contributed by atoms with Crippen molar-refractivity contribution in [1.82, 2.24) is 15.7 Å². The van der Waals surface area contributed by atoms with Crippen molar-refractivity contribution >= 4 is 41.8 Å². The maximum atomic E-state index is 15.1. The predicted molar refractivity (Wildman–Crippen MR) is 225 cm³/mol. The van der Waals surface area contributed by atoms with Crippen molar-refractivity contribution < 1.29 is 72.2 Å². The summed E-state index contributed by atoms with van der Waals surface area (Å²) >= 11 is 0. The molecule has 65 heavy (non-hydrogen) atoms. The first-order chi connectivity index (χ1) is 30.7. The Balaban J connectivity index is 1.03. The molecule has 2 aromatic carbocycles. The van der Waals surface area contributed by atoms with Crippen LogP contribution in [0, 0.1) is 10.8 Å². The van der Waals surface area contributed by atoms with Crippen molar-refractivity contribution in [3.8, 4) is 0 Å². The Morgan fingerprint density at radius 3 is 2.26 bits per heavy atom. The van der Waals surface area contributed by atoms with Crippen LogP contribution in [-0.2, 0) is 81.4 Å². The average molecular weight is 904 g/mol. The number of nitrogens with zero attached hydrogens (tertiary/aromatic N) is 1. The van der Waals surface area contributed by atoms with E-state index in [4.69, 9.17) is 33.3 Å². The van der Waals surface area contributed by atoms with E-state index in [-0.39, 0.29) is 32.4 Å². The quantitative estimate of drug-likeness (QED) is 0.120. The lowest BCUT2D eigenvalue weighted by molar-refractivity contribution is -0.217. The summed E-state index contributed by atoms with van der Waals surface area (Å²) in [5.41, 5.74) is 0.283. The molecule has 6 aliphatic rings. The number of carbonyl (C=O) groups excluding carboxylic acids is 6. The van der Waals surface area contributed by atoms with Crippen LogP contribution >= 0.6 is 0 Å². The Kier molecular flexibility index (Phi) is 12.5. The topological polar surface area (TPSA) is 235 Å².